The van der Waals surface area contributed by atoms with E-state index in [0.717, 1.165) is 31.4 Å². The predicted molar refractivity (Wildman–Crippen MR) is 70.5 cm³/mol. The lowest BCUT2D eigenvalue weighted by atomic mass is 10.2. The fourth-order valence-corrected chi connectivity index (χ4v) is 2.69. The van der Waals surface area contributed by atoms with Gasteiger partial charge in [-0.1, -0.05) is 6.92 Å². The summed E-state index contributed by atoms with van der Waals surface area (Å²) in [5.41, 5.74) is 0. The summed E-state index contributed by atoms with van der Waals surface area (Å²) in [5.74, 6) is 1.16. The van der Waals surface area contributed by atoms with Crippen LogP contribution in [0, 0.1) is 0 Å². The summed E-state index contributed by atoms with van der Waals surface area (Å²) in [7, 11) is 0. The third kappa shape index (κ3) is 2.93. The summed E-state index contributed by atoms with van der Waals surface area (Å²) < 4.78 is 8.34. The number of nitrogens with zero attached hydrogens (tertiary/aromatic N) is 2. The number of hydrogen-bond acceptors (Lipinski definition) is 3. The second kappa shape index (κ2) is 5.41. The van der Waals surface area contributed by atoms with Gasteiger partial charge < -0.3 is 14.6 Å². The summed E-state index contributed by atoms with van der Waals surface area (Å²) in [4.78, 5) is 4.36. The highest BCUT2D eigenvalue weighted by Gasteiger charge is 2.28. The molecule has 2 aliphatic rings. The molecule has 1 aliphatic heterocycles. The molecule has 1 N–H and O–H groups in total. The van der Waals surface area contributed by atoms with Crippen molar-refractivity contribution in [3.8, 4) is 0 Å². The third-order valence-electron chi connectivity index (χ3n) is 3.93. The first-order chi connectivity index (χ1) is 8.85. The van der Waals surface area contributed by atoms with Crippen molar-refractivity contribution in [1.82, 2.24) is 14.9 Å². The van der Waals surface area contributed by atoms with Crippen LogP contribution in [0.3, 0.4) is 0 Å². The van der Waals surface area contributed by atoms with Gasteiger partial charge in [-0.15, -0.1) is 0 Å². The molecule has 18 heavy (non-hydrogen) atoms. The van der Waals surface area contributed by atoms with Crippen LogP contribution in [0.15, 0.2) is 12.4 Å². The van der Waals surface area contributed by atoms with Crippen LogP contribution in [0.2, 0.25) is 0 Å². The van der Waals surface area contributed by atoms with Crippen LogP contribution in [-0.2, 0) is 17.7 Å². The van der Waals surface area contributed by atoms with Crippen molar-refractivity contribution in [2.24, 2.45) is 0 Å². The van der Waals surface area contributed by atoms with E-state index in [-0.39, 0.29) is 0 Å². The van der Waals surface area contributed by atoms with E-state index in [0.29, 0.717) is 12.2 Å². The topological polar surface area (TPSA) is 39.1 Å². The van der Waals surface area contributed by atoms with E-state index in [1.165, 1.54) is 25.7 Å². The van der Waals surface area contributed by atoms with Gasteiger partial charge in [-0.3, -0.25) is 0 Å². The summed E-state index contributed by atoms with van der Waals surface area (Å²) in [6.45, 7) is 4.14. The first-order valence-electron chi connectivity index (χ1n) is 7.24. The van der Waals surface area contributed by atoms with E-state index in [9.17, 15) is 0 Å². The van der Waals surface area contributed by atoms with Gasteiger partial charge >= 0.3 is 0 Å². The lowest BCUT2D eigenvalue weighted by molar-refractivity contribution is 0.0355. The molecule has 1 aromatic heterocycles. The van der Waals surface area contributed by atoms with Gasteiger partial charge in [-0.25, -0.2) is 4.98 Å². The van der Waals surface area contributed by atoms with Crippen LogP contribution in [0.5, 0.6) is 0 Å². The minimum atomic E-state index is 0.371. The largest absolute Gasteiger partial charge is 0.372 e. The Hall–Kier alpha value is -0.870. The molecule has 2 unspecified atom stereocenters. The van der Waals surface area contributed by atoms with Gasteiger partial charge in [0, 0.05) is 31.4 Å². The van der Waals surface area contributed by atoms with Gasteiger partial charge in [0.15, 0.2) is 0 Å². The van der Waals surface area contributed by atoms with Crippen LogP contribution >= 0.6 is 0 Å². The predicted octanol–water partition coefficient (Wildman–Crippen LogP) is 1.75. The molecule has 100 valence electrons. The second-order valence-corrected chi connectivity index (χ2v) is 5.49. The number of nitrogens with one attached hydrogen (secondary N) is 1. The highest BCUT2D eigenvalue weighted by atomic mass is 16.5. The number of ether oxygens (including phenoxy) is 1. The van der Waals surface area contributed by atoms with E-state index in [4.69, 9.17) is 4.74 Å². The molecule has 2 atom stereocenters. The zero-order valence-electron chi connectivity index (χ0n) is 11.1. The first kappa shape index (κ1) is 12.2. The Morgan fingerprint density at radius 1 is 1.33 bits per heavy atom. The molecule has 1 aromatic rings. The van der Waals surface area contributed by atoms with Crippen LogP contribution in [-0.4, -0.2) is 34.3 Å². The molecule has 1 saturated heterocycles. The number of hydrogen-bond donors (Lipinski definition) is 1. The van der Waals surface area contributed by atoms with Gasteiger partial charge in [0.05, 0.1) is 18.8 Å². The molecular formula is C14H23N3O. The van der Waals surface area contributed by atoms with Gasteiger partial charge in [0.2, 0.25) is 0 Å². The van der Waals surface area contributed by atoms with Crippen molar-refractivity contribution >= 4 is 0 Å². The standard InChI is InChI=1S/C14H23N3O/c1-2-14-15-7-8-17(14)10-13-6-5-12(18-13)9-16-11-3-4-11/h7-8,11-13,16H,2-6,9-10H2,1H3. The number of imidazole rings is 1. The average Bonchev–Trinajstić information content (AvgIpc) is 2.93. The quantitative estimate of drug-likeness (QED) is 0.835. The third-order valence-corrected chi connectivity index (χ3v) is 3.93. The summed E-state index contributed by atoms with van der Waals surface area (Å²) in [6.07, 6.45) is 10.8. The summed E-state index contributed by atoms with van der Waals surface area (Å²) >= 11 is 0. The SMILES string of the molecule is CCc1nccn1CC1CCC(CNC2CC2)O1. The molecule has 3 rings (SSSR count). The number of aromatic nitrogens is 2. The Labute approximate surface area is 109 Å². The van der Waals surface area contributed by atoms with Gasteiger partial charge in [-0.05, 0) is 25.7 Å². The lowest BCUT2D eigenvalue weighted by Crippen LogP contribution is -2.29. The van der Waals surface area contributed by atoms with Gasteiger partial charge in [0.25, 0.3) is 0 Å². The first-order valence-corrected chi connectivity index (χ1v) is 7.24. The van der Waals surface area contributed by atoms with E-state index < -0.39 is 0 Å². The van der Waals surface area contributed by atoms with E-state index in [1.807, 2.05) is 6.20 Å². The number of rotatable bonds is 6. The van der Waals surface area contributed by atoms with E-state index >= 15 is 0 Å². The molecule has 1 saturated carbocycles. The second-order valence-electron chi connectivity index (χ2n) is 5.49. The Morgan fingerprint density at radius 2 is 2.17 bits per heavy atom. The minimum absolute atomic E-state index is 0.371. The lowest BCUT2D eigenvalue weighted by Gasteiger charge is -2.15. The van der Waals surface area contributed by atoms with E-state index in [2.05, 4.69) is 28.0 Å². The average molecular weight is 249 g/mol. The molecule has 4 heteroatoms. The maximum absolute atomic E-state index is 6.10. The summed E-state index contributed by atoms with van der Waals surface area (Å²) in [6, 6.07) is 0.785. The highest BCUT2D eigenvalue weighted by molar-refractivity contribution is 4.93. The molecule has 1 aliphatic carbocycles. The normalized spacial score (nSPS) is 27.8. The molecule has 0 radical (unpaired) electrons. The van der Waals surface area contributed by atoms with Crippen LogP contribution in [0.25, 0.3) is 0 Å². The molecule has 2 heterocycles. The minimum Gasteiger partial charge on any atom is -0.372 e. The number of aryl methyl sites for hydroxylation is 1. The fraction of sp³-hybridized carbons (Fsp3) is 0.786. The molecule has 0 aromatic carbocycles. The molecule has 0 bridgehead atoms. The van der Waals surface area contributed by atoms with E-state index in [1.54, 1.807) is 0 Å². The molecule has 0 amide bonds. The molecule has 2 fully saturated rings. The Balaban J connectivity index is 1.46. The molecular weight excluding hydrogens is 226 g/mol. The van der Waals surface area contributed by atoms with Crippen LogP contribution in [0.1, 0.15) is 38.4 Å². The van der Waals surface area contributed by atoms with Crippen molar-refractivity contribution in [3.05, 3.63) is 18.2 Å². The maximum Gasteiger partial charge on any atom is 0.108 e. The smallest absolute Gasteiger partial charge is 0.108 e. The van der Waals surface area contributed by atoms with Crippen molar-refractivity contribution < 1.29 is 4.74 Å². The zero-order valence-corrected chi connectivity index (χ0v) is 11.1. The van der Waals surface area contributed by atoms with Crippen molar-refractivity contribution in [3.63, 3.8) is 0 Å². The molecule has 0 spiro atoms. The van der Waals surface area contributed by atoms with Crippen molar-refractivity contribution in [1.29, 1.82) is 0 Å². The zero-order chi connectivity index (χ0) is 12.4. The maximum atomic E-state index is 6.10. The van der Waals surface area contributed by atoms with Crippen molar-refractivity contribution in [2.75, 3.05) is 6.54 Å². The summed E-state index contributed by atoms with van der Waals surface area (Å²) in [5, 5.41) is 3.56. The Bertz CT molecular complexity index is 386. The highest BCUT2D eigenvalue weighted by Crippen LogP contribution is 2.23. The van der Waals surface area contributed by atoms with Crippen LogP contribution < -0.4 is 5.32 Å². The van der Waals surface area contributed by atoms with Gasteiger partial charge in [-0.2, -0.15) is 0 Å². The monoisotopic (exact) mass is 249 g/mol. The molecule has 4 nitrogen and oxygen atoms in total. The van der Waals surface area contributed by atoms with Crippen molar-refractivity contribution in [2.45, 2.75) is 63.8 Å². The Morgan fingerprint density at radius 3 is 2.94 bits per heavy atom. The van der Waals surface area contributed by atoms with Gasteiger partial charge in [0.1, 0.15) is 5.82 Å². The fourth-order valence-electron chi connectivity index (χ4n) is 2.69. The Kier molecular flexibility index (Phi) is 3.66. The van der Waals surface area contributed by atoms with Crippen LogP contribution in [0.4, 0.5) is 0 Å².